The maximum absolute atomic E-state index is 4.30. The maximum Gasteiger partial charge on any atom is 0.208 e. The first-order valence-electron chi connectivity index (χ1n) is 7.44. The molecule has 0 unspecified atom stereocenters. The number of rotatable bonds is 8. The molecule has 0 fully saturated rings. The third-order valence-corrected chi connectivity index (χ3v) is 4.48. The van der Waals surface area contributed by atoms with Crippen molar-refractivity contribution in [1.82, 2.24) is 10.2 Å². The number of unbranched alkanes of at least 4 members (excludes halogenated alkanes) is 1. The molecular weight excluding hydrogens is 266 g/mol. The second-order valence-electron chi connectivity index (χ2n) is 4.84. The molecule has 0 atom stereocenters. The highest BCUT2D eigenvalue weighted by molar-refractivity contribution is 7.15. The van der Waals surface area contributed by atoms with E-state index in [4.69, 9.17) is 0 Å². The Morgan fingerprint density at radius 3 is 2.35 bits per heavy atom. The number of hydrogen-bond donors (Lipinski definition) is 0. The van der Waals surface area contributed by atoms with Gasteiger partial charge in [-0.1, -0.05) is 41.7 Å². The molecule has 0 amide bonds. The van der Waals surface area contributed by atoms with E-state index in [1.165, 1.54) is 23.4 Å². The Morgan fingerprint density at radius 1 is 0.950 bits per heavy atom. The summed E-state index contributed by atoms with van der Waals surface area (Å²) in [7, 11) is 0. The van der Waals surface area contributed by atoms with Crippen molar-refractivity contribution < 1.29 is 0 Å². The normalized spacial score (nSPS) is 10.7. The van der Waals surface area contributed by atoms with Gasteiger partial charge in [-0.05, 0) is 38.7 Å². The quantitative estimate of drug-likeness (QED) is 0.689. The molecule has 1 heterocycles. The van der Waals surface area contributed by atoms with Gasteiger partial charge in [0, 0.05) is 19.5 Å². The van der Waals surface area contributed by atoms with Gasteiger partial charge in [0.15, 0.2) is 0 Å². The topological polar surface area (TPSA) is 29.0 Å². The molecule has 4 heteroatoms. The summed E-state index contributed by atoms with van der Waals surface area (Å²) in [5.74, 6) is 0. The molecule has 0 bridgehead atoms. The number of anilines is 1. The maximum atomic E-state index is 4.30. The molecule has 0 radical (unpaired) electrons. The summed E-state index contributed by atoms with van der Waals surface area (Å²) in [5, 5.41) is 10.8. The predicted molar refractivity (Wildman–Crippen MR) is 86.6 cm³/mol. The van der Waals surface area contributed by atoms with Crippen LogP contribution in [0.5, 0.6) is 0 Å². The average molecular weight is 289 g/mol. The molecule has 0 saturated heterocycles. The van der Waals surface area contributed by atoms with Crippen molar-refractivity contribution in [3.63, 3.8) is 0 Å². The number of nitrogens with zero attached hydrogens (tertiary/aromatic N) is 3. The highest BCUT2D eigenvalue weighted by atomic mass is 32.1. The lowest BCUT2D eigenvalue weighted by molar-refractivity contribution is 0.725. The predicted octanol–water partition coefficient (Wildman–Crippen LogP) is 3.95. The van der Waals surface area contributed by atoms with E-state index >= 15 is 0 Å². The van der Waals surface area contributed by atoms with E-state index < -0.39 is 0 Å². The second kappa shape index (κ2) is 8.00. The number of aromatic nitrogens is 2. The third-order valence-electron chi connectivity index (χ3n) is 3.44. The number of benzene rings is 1. The van der Waals surface area contributed by atoms with Crippen molar-refractivity contribution in [2.75, 3.05) is 18.0 Å². The second-order valence-corrected chi connectivity index (χ2v) is 5.88. The van der Waals surface area contributed by atoms with Gasteiger partial charge in [0.2, 0.25) is 5.13 Å². The Hall–Kier alpha value is -1.42. The largest absolute Gasteiger partial charge is 0.347 e. The first kappa shape index (κ1) is 15.0. The third kappa shape index (κ3) is 4.30. The highest BCUT2D eigenvalue weighted by Crippen LogP contribution is 2.21. The van der Waals surface area contributed by atoms with Crippen molar-refractivity contribution in [2.45, 2.75) is 39.5 Å². The van der Waals surface area contributed by atoms with Crippen molar-refractivity contribution >= 4 is 16.5 Å². The highest BCUT2D eigenvalue weighted by Gasteiger charge is 2.08. The summed E-state index contributed by atoms with van der Waals surface area (Å²) in [4.78, 5) is 2.26. The van der Waals surface area contributed by atoms with Gasteiger partial charge in [-0.15, -0.1) is 10.2 Å². The van der Waals surface area contributed by atoms with Crippen LogP contribution in [0.1, 0.15) is 37.3 Å². The van der Waals surface area contributed by atoms with Gasteiger partial charge in [0.1, 0.15) is 5.01 Å². The molecule has 108 valence electrons. The van der Waals surface area contributed by atoms with E-state index in [1.54, 1.807) is 11.3 Å². The molecule has 0 N–H and O–H groups in total. The Bertz CT molecular complexity index is 491. The van der Waals surface area contributed by atoms with Gasteiger partial charge < -0.3 is 4.90 Å². The first-order valence-corrected chi connectivity index (χ1v) is 8.26. The lowest BCUT2D eigenvalue weighted by Gasteiger charge is -2.15. The van der Waals surface area contributed by atoms with Gasteiger partial charge in [-0.3, -0.25) is 0 Å². The minimum Gasteiger partial charge on any atom is -0.347 e. The molecule has 0 aliphatic rings. The molecule has 1 aromatic heterocycles. The summed E-state index contributed by atoms with van der Waals surface area (Å²) in [5.41, 5.74) is 1.42. The molecule has 2 aromatic rings. The molecule has 2 rings (SSSR count). The summed E-state index contributed by atoms with van der Waals surface area (Å²) in [6.45, 7) is 6.31. The van der Waals surface area contributed by atoms with E-state index in [1.807, 2.05) is 0 Å². The Morgan fingerprint density at radius 2 is 1.65 bits per heavy atom. The van der Waals surface area contributed by atoms with Gasteiger partial charge in [0.25, 0.3) is 0 Å². The summed E-state index contributed by atoms with van der Waals surface area (Å²) < 4.78 is 0. The van der Waals surface area contributed by atoms with Gasteiger partial charge in [-0.25, -0.2) is 0 Å². The van der Waals surface area contributed by atoms with Crippen LogP contribution in [-0.4, -0.2) is 23.3 Å². The lowest BCUT2D eigenvalue weighted by atomic mass is 10.1. The minimum absolute atomic E-state index is 0.999. The first-order chi connectivity index (χ1) is 9.83. The Kier molecular flexibility index (Phi) is 5.99. The number of aryl methyl sites for hydroxylation is 2. The average Bonchev–Trinajstić information content (AvgIpc) is 2.95. The van der Waals surface area contributed by atoms with Crippen molar-refractivity contribution in [2.24, 2.45) is 0 Å². The van der Waals surface area contributed by atoms with E-state index in [2.05, 4.69) is 59.3 Å². The molecule has 0 spiro atoms. The standard InChI is InChI=1S/C16H23N3S/c1-3-19(4-2)16-18-17-15(20-16)13-9-8-12-14-10-6-5-7-11-14/h5-7,10-11H,3-4,8-9,12-13H2,1-2H3. The fraction of sp³-hybridized carbons (Fsp3) is 0.500. The van der Waals surface area contributed by atoms with Crippen molar-refractivity contribution in [3.05, 3.63) is 40.9 Å². The minimum atomic E-state index is 0.999. The summed E-state index contributed by atoms with van der Waals surface area (Å²) >= 11 is 1.74. The zero-order valence-corrected chi connectivity index (χ0v) is 13.2. The molecule has 0 aliphatic carbocycles. The lowest BCUT2D eigenvalue weighted by Crippen LogP contribution is -2.21. The van der Waals surface area contributed by atoms with Crippen LogP contribution in [0.15, 0.2) is 30.3 Å². The molecule has 1 aromatic carbocycles. The molecule has 0 aliphatic heterocycles. The van der Waals surface area contributed by atoms with E-state index in [0.29, 0.717) is 0 Å². The van der Waals surface area contributed by atoms with Gasteiger partial charge >= 0.3 is 0 Å². The Balaban J connectivity index is 1.74. The van der Waals surface area contributed by atoms with Crippen LogP contribution in [0, 0.1) is 0 Å². The van der Waals surface area contributed by atoms with Crippen LogP contribution in [0.25, 0.3) is 0 Å². The number of hydrogen-bond acceptors (Lipinski definition) is 4. The van der Waals surface area contributed by atoms with E-state index in [9.17, 15) is 0 Å². The molecule has 20 heavy (non-hydrogen) atoms. The van der Waals surface area contributed by atoms with Crippen molar-refractivity contribution in [1.29, 1.82) is 0 Å². The van der Waals surface area contributed by atoms with E-state index in [-0.39, 0.29) is 0 Å². The van der Waals surface area contributed by atoms with Gasteiger partial charge in [-0.2, -0.15) is 0 Å². The zero-order valence-electron chi connectivity index (χ0n) is 12.4. The van der Waals surface area contributed by atoms with Crippen molar-refractivity contribution in [3.8, 4) is 0 Å². The smallest absolute Gasteiger partial charge is 0.208 e. The van der Waals surface area contributed by atoms with Crippen LogP contribution in [0.4, 0.5) is 5.13 Å². The van der Waals surface area contributed by atoms with Crippen LogP contribution >= 0.6 is 11.3 Å². The molecule has 3 nitrogen and oxygen atoms in total. The van der Waals surface area contributed by atoms with Crippen LogP contribution in [-0.2, 0) is 12.8 Å². The van der Waals surface area contributed by atoms with Crippen LogP contribution in [0.3, 0.4) is 0 Å². The fourth-order valence-corrected chi connectivity index (χ4v) is 3.23. The molecular formula is C16H23N3S. The zero-order chi connectivity index (χ0) is 14.2. The fourth-order valence-electron chi connectivity index (χ4n) is 2.22. The van der Waals surface area contributed by atoms with Gasteiger partial charge in [0.05, 0.1) is 0 Å². The van der Waals surface area contributed by atoms with Crippen LogP contribution in [0.2, 0.25) is 0 Å². The summed E-state index contributed by atoms with van der Waals surface area (Å²) in [6.07, 6.45) is 4.60. The van der Waals surface area contributed by atoms with E-state index in [0.717, 1.165) is 31.1 Å². The SMILES string of the molecule is CCN(CC)c1nnc(CCCCc2ccccc2)s1. The molecule has 0 saturated carbocycles. The van der Waals surface area contributed by atoms with Crippen LogP contribution < -0.4 is 4.90 Å². The monoisotopic (exact) mass is 289 g/mol. The Labute approximate surface area is 125 Å². The summed E-state index contributed by atoms with van der Waals surface area (Å²) in [6, 6.07) is 10.7.